The van der Waals surface area contributed by atoms with Crippen molar-refractivity contribution in [2.75, 3.05) is 0 Å². The van der Waals surface area contributed by atoms with E-state index in [0.29, 0.717) is 17.5 Å². The molecule has 2 heterocycles. The summed E-state index contributed by atoms with van der Waals surface area (Å²) in [6.45, 7) is 0. The van der Waals surface area contributed by atoms with Crippen LogP contribution in [0, 0.1) is 0 Å². The van der Waals surface area contributed by atoms with Crippen LogP contribution in [-0.4, -0.2) is 15.0 Å². The van der Waals surface area contributed by atoms with Crippen LogP contribution in [0.2, 0.25) is 0 Å². The summed E-state index contributed by atoms with van der Waals surface area (Å²) >= 11 is 0. The molecule has 0 radical (unpaired) electrons. The number of hydrogen-bond donors (Lipinski definition) is 0. The van der Waals surface area contributed by atoms with Crippen molar-refractivity contribution in [3.8, 4) is 45.3 Å². The van der Waals surface area contributed by atoms with Crippen LogP contribution in [0.3, 0.4) is 0 Å². The van der Waals surface area contributed by atoms with Gasteiger partial charge >= 0.3 is 0 Å². The van der Waals surface area contributed by atoms with Gasteiger partial charge in [0.2, 0.25) is 0 Å². The standard InChI is InChI=1S/C49H29N3O/c1-2-11-30(12-3-1)31-15-10-16-34(25-31)47-50-48(35-21-23-41-39-19-7-6-17-37(39)38-18-8-9-20-40(38)42(41)27-35)52-49(51-47)36-22-24-45-43(28-36)44-26-32-13-4-5-14-33(32)29-46(44)53-45/h1-29H. The van der Waals surface area contributed by atoms with Crippen molar-refractivity contribution in [1.29, 1.82) is 0 Å². The maximum absolute atomic E-state index is 6.35. The van der Waals surface area contributed by atoms with Crippen LogP contribution < -0.4 is 0 Å². The van der Waals surface area contributed by atoms with Gasteiger partial charge < -0.3 is 4.42 Å². The van der Waals surface area contributed by atoms with Gasteiger partial charge in [0.1, 0.15) is 11.2 Å². The molecule has 0 spiro atoms. The Balaban J connectivity index is 1.14. The largest absolute Gasteiger partial charge is 0.456 e. The molecule has 0 unspecified atom stereocenters. The van der Waals surface area contributed by atoms with Crippen LogP contribution in [0.4, 0.5) is 0 Å². The normalized spacial score (nSPS) is 11.8. The highest BCUT2D eigenvalue weighted by atomic mass is 16.3. The van der Waals surface area contributed by atoms with Crippen molar-refractivity contribution in [1.82, 2.24) is 15.0 Å². The second kappa shape index (κ2) is 11.7. The number of benzene rings is 9. The number of furan rings is 1. The number of hydrogen-bond acceptors (Lipinski definition) is 4. The summed E-state index contributed by atoms with van der Waals surface area (Å²) in [7, 11) is 0. The van der Waals surface area contributed by atoms with E-state index in [4.69, 9.17) is 19.4 Å². The van der Waals surface area contributed by atoms with Crippen molar-refractivity contribution in [3.05, 3.63) is 176 Å². The number of nitrogens with zero attached hydrogens (tertiary/aromatic N) is 3. The van der Waals surface area contributed by atoms with E-state index in [2.05, 4.69) is 158 Å². The second-order valence-corrected chi connectivity index (χ2v) is 13.6. The lowest BCUT2D eigenvalue weighted by Gasteiger charge is -2.13. The lowest BCUT2D eigenvalue weighted by Crippen LogP contribution is -2.00. The van der Waals surface area contributed by atoms with Gasteiger partial charge in [-0.05, 0) is 96.7 Å². The molecule has 0 N–H and O–H groups in total. The summed E-state index contributed by atoms with van der Waals surface area (Å²) in [4.78, 5) is 15.5. The lowest BCUT2D eigenvalue weighted by molar-refractivity contribution is 0.669. The Bertz CT molecular complexity index is 3200. The van der Waals surface area contributed by atoms with Gasteiger partial charge in [0.25, 0.3) is 0 Å². The van der Waals surface area contributed by atoms with E-state index in [9.17, 15) is 0 Å². The molecule has 11 aromatic rings. The van der Waals surface area contributed by atoms with Crippen LogP contribution in [-0.2, 0) is 0 Å². The van der Waals surface area contributed by atoms with Gasteiger partial charge in [-0.1, -0.05) is 133 Å². The molecular formula is C49H29N3O. The van der Waals surface area contributed by atoms with E-state index in [1.807, 2.05) is 18.2 Å². The fourth-order valence-corrected chi connectivity index (χ4v) is 7.88. The highest BCUT2D eigenvalue weighted by Crippen LogP contribution is 2.38. The highest BCUT2D eigenvalue weighted by molar-refractivity contribution is 6.25. The Hall–Kier alpha value is -7.17. The predicted molar refractivity (Wildman–Crippen MR) is 219 cm³/mol. The zero-order chi connectivity index (χ0) is 34.9. The average Bonchev–Trinajstić information content (AvgIpc) is 3.59. The third-order valence-electron chi connectivity index (χ3n) is 10.5. The summed E-state index contributed by atoms with van der Waals surface area (Å²) < 4.78 is 6.35. The van der Waals surface area contributed by atoms with Crippen molar-refractivity contribution in [2.24, 2.45) is 0 Å². The molecule has 0 amide bonds. The Labute approximate surface area is 304 Å². The minimum Gasteiger partial charge on any atom is -0.456 e. The third kappa shape index (κ3) is 4.88. The van der Waals surface area contributed by atoms with Gasteiger partial charge in [-0.25, -0.2) is 15.0 Å². The molecule has 0 aliphatic carbocycles. The molecule has 11 rings (SSSR count). The van der Waals surface area contributed by atoms with Crippen molar-refractivity contribution in [2.45, 2.75) is 0 Å². The molecule has 0 saturated carbocycles. The summed E-state index contributed by atoms with van der Waals surface area (Å²) in [6.07, 6.45) is 0. The molecule has 0 saturated heterocycles. The molecule has 246 valence electrons. The molecule has 0 aliphatic rings. The molecule has 0 fully saturated rings. The highest BCUT2D eigenvalue weighted by Gasteiger charge is 2.17. The summed E-state index contributed by atoms with van der Waals surface area (Å²) in [6, 6.07) is 61.7. The first kappa shape index (κ1) is 29.5. The summed E-state index contributed by atoms with van der Waals surface area (Å²) in [5.74, 6) is 1.85. The van der Waals surface area contributed by atoms with Gasteiger partial charge in [-0.3, -0.25) is 0 Å². The number of fused-ring (bicyclic) bond motifs is 10. The first-order valence-corrected chi connectivity index (χ1v) is 17.8. The monoisotopic (exact) mass is 675 g/mol. The van der Waals surface area contributed by atoms with Gasteiger partial charge in [0, 0.05) is 27.5 Å². The Kier molecular flexibility index (Phi) is 6.52. The smallest absolute Gasteiger partial charge is 0.164 e. The van der Waals surface area contributed by atoms with E-state index < -0.39 is 0 Å². The van der Waals surface area contributed by atoms with E-state index in [-0.39, 0.29) is 0 Å². The molecule has 9 aromatic carbocycles. The zero-order valence-electron chi connectivity index (χ0n) is 28.5. The van der Waals surface area contributed by atoms with E-state index >= 15 is 0 Å². The Morgan fingerprint density at radius 3 is 1.42 bits per heavy atom. The Morgan fingerprint density at radius 1 is 0.264 bits per heavy atom. The van der Waals surface area contributed by atoms with Crippen molar-refractivity contribution < 1.29 is 4.42 Å². The van der Waals surface area contributed by atoms with Crippen LogP contribution >= 0.6 is 0 Å². The molecule has 4 nitrogen and oxygen atoms in total. The van der Waals surface area contributed by atoms with Crippen LogP contribution in [0.1, 0.15) is 0 Å². The minimum absolute atomic E-state index is 0.607. The first-order chi connectivity index (χ1) is 26.2. The third-order valence-corrected chi connectivity index (χ3v) is 10.5. The van der Waals surface area contributed by atoms with E-state index in [1.165, 1.54) is 37.7 Å². The van der Waals surface area contributed by atoms with Crippen LogP contribution in [0.15, 0.2) is 180 Å². The SMILES string of the molecule is c1ccc(-c2cccc(-c3nc(-c4ccc5oc6cc7ccccc7cc6c5c4)nc(-c4ccc5c6ccccc6c6ccccc6c5c4)n3)c2)cc1. The number of aromatic nitrogens is 3. The first-order valence-electron chi connectivity index (χ1n) is 17.8. The fraction of sp³-hybridized carbons (Fsp3) is 0. The molecule has 53 heavy (non-hydrogen) atoms. The maximum Gasteiger partial charge on any atom is 0.164 e. The quantitative estimate of drug-likeness (QED) is 0.174. The second-order valence-electron chi connectivity index (χ2n) is 13.6. The summed E-state index contributed by atoms with van der Waals surface area (Å²) in [5, 5.41) is 11.7. The van der Waals surface area contributed by atoms with Crippen molar-refractivity contribution in [3.63, 3.8) is 0 Å². The van der Waals surface area contributed by atoms with E-state index in [0.717, 1.165) is 55.1 Å². The van der Waals surface area contributed by atoms with Gasteiger partial charge in [-0.2, -0.15) is 0 Å². The maximum atomic E-state index is 6.35. The van der Waals surface area contributed by atoms with Gasteiger partial charge in [0.05, 0.1) is 0 Å². The molecule has 2 aromatic heterocycles. The average molecular weight is 676 g/mol. The van der Waals surface area contributed by atoms with Gasteiger partial charge in [0.15, 0.2) is 17.5 Å². The Morgan fingerprint density at radius 2 is 0.736 bits per heavy atom. The van der Waals surface area contributed by atoms with Crippen LogP contribution in [0.25, 0.3) is 110 Å². The molecular weight excluding hydrogens is 647 g/mol. The topological polar surface area (TPSA) is 51.8 Å². The number of rotatable bonds is 4. The molecule has 0 bridgehead atoms. The van der Waals surface area contributed by atoms with Crippen LogP contribution in [0.5, 0.6) is 0 Å². The molecule has 4 heteroatoms. The lowest BCUT2D eigenvalue weighted by atomic mass is 9.93. The predicted octanol–water partition coefficient (Wildman–Crippen LogP) is 13.1. The molecule has 0 atom stereocenters. The molecule has 0 aliphatic heterocycles. The van der Waals surface area contributed by atoms with E-state index in [1.54, 1.807) is 0 Å². The zero-order valence-corrected chi connectivity index (χ0v) is 28.5. The minimum atomic E-state index is 0.607. The summed E-state index contributed by atoms with van der Waals surface area (Å²) in [5.41, 5.74) is 6.70. The van der Waals surface area contributed by atoms with Gasteiger partial charge in [-0.15, -0.1) is 0 Å². The fourth-order valence-electron chi connectivity index (χ4n) is 7.88. The van der Waals surface area contributed by atoms with Crippen molar-refractivity contribution >= 4 is 65.0 Å².